The second kappa shape index (κ2) is 5.83. The molecule has 0 fully saturated rings. The van der Waals surface area contributed by atoms with Crippen molar-refractivity contribution in [1.29, 1.82) is 0 Å². The van der Waals surface area contributed by atoms with Crippen LogP contribution in [0, 0.1) is 5.41 Å². The van der Waals surface area contributed by atoms with Crippen LogP contribution in [0.4, 0.5) is 5.69 Å². The van der Waals surface area contributed by atoms with Crippen molar-refractivity contribution >= 4 is 5.69 Å². The first-order chi connectivity index (χ1) is 10.1. The summed E-state index contributed by atoms with van der Waals surface area (Å²) in [6.45, 7) is 13.3. The highest BCUT2D eigenvalue weighted by molar-refractivity contribution is 5.42. The molecule has 2 heteroatoms. The van der Waals surface area contributed by atoms with Crippen LogP contribution in [0.1, 0.15) is 53.5 Å². The third-order valence-corrected chi connectivity index (χ3v) is 4.40. The first-order valence-electron chi connectivity index (χ1n) is 8.02. The highest BCUT2D eigenvalue weighted by atomic mass is 15.2. The zero-order valence-corrected chi connectivity index (χ0v) is 14.7. The summed E-state index contributed by atoms with van der Waals surface area (Å²) in [7, 11) is 0. The molecule has 0 heterocycles. The lowest BCUT2D eigenvalue weighted by atomic mass is 9.71. The Morgan fingerprint density at radius 2 is 1.73 bits per heavy atom. The van der Waals surface area contributed by atoms with Gasteiger partial charge in [-0.25, -0.2) is 0 Å². The van der Waals surface area contributed by atoms with Crippen LogP contribution in [-0.4, -0.2) is 5.54 Å². The van der Waals surface area contributed by atoms with Crippen molar-refractivity contribution in [3.8, 4) is 0 Å². The number of hydrogen-bond acceptors (Lipinski definition) is 2. The van der Waals surface area contributed by atoms with E-state index in [1.165, 1.54) is 5.56 Å². The Labute approximate surface area is 135 Å². The average molecular weight is 296 g/mol. The molecule has 1 aromatic rings. The Kier molecular flexibility index (Phi) is 4.42. The van der Waals surface area contributed by atoms with Crippen LogP contribution >= 0.6 is 0 Å². The molecule has 0 bridgehead atoms. The molecular formula is C20H28N2. The minimum atomic E-state index is -0.264. The highest BCUT2D eigenvalue weighted by Crippen LogP contribution is 2.41. The maximum Gasteiger partial charge on any atom is 0.108 e. The lowest BCUT2D eigenvalue weighted by Gasteiger charge is -2.38. The summed E-state index contributed by atoms with van der Waals surface area (Å²) >= 11 is 0. The van der Waals surface area contributed by atoms with E-state index >= 15 is 0 Å². The van der Waals surface area contributed by atoms with E-state index in [1.54, 1.807) is 0 Å². The van der Waals surface area contributed by atoms with Crippen molar-refractivity contribution in [2.24, 2.45) is 15.6 Å². The Morgan fingerprint density at radius 1 is 1.00 bits per heavy atom. The predicted molar refractivity (Wildman–Crippen MR) is 94.7 cm³/mol. The molecule has 0 aliphatic heterocycles. The maximum atomic E-state index is 4.77. The van der Waals surface area contributed by atoms with Crippen LogP contribution in [0.2, 0.25) is 0 Å². The second-order valence-corrected chi connectivity index (χ2v) is 8.17. The van der Waals surface area contributed by atoms with Gasteiger partial charge in [-0.15, -0.1) is 0 Å². The maximum absolute atomic E-state index is 4.77. The molecule has 0 amide bonds. The molecule has 0 saturated carbocycles. The van der Waals surface area contributed by atoms with E-state index in [0.717, 1.165) is 12.1 Å². The van der Waals surface area contributed by atoms with Crippen molar-refractivity contribution < 1.29 is 0 Å². The van der Waals surface area contributed by atoms with Crippen molar-refractivity contribution in [2.75, 3.05) is 0 Å². The fourth-order valence-corrected chi connectivity index (χ4v) is 2.57. The first kappa shape index (κ1) is 16.7. The van der Waals surface area contributed by atoms with Gasteiger partial charge in [0, 0.05) is 0 Å². The molecule has 118 valence electrons. The highest BCUT2D eigenvalue weighted by Gasteiger charge is 2.40. The van der Waals surface area contributed by atoms with Crippen LogP contribution in [0.3, 0.4) is 0 Å². The van der Waals surface area contributed by atoms with Gasteiger partial charge in [0.25, 0.3) is 0 Å². The molecule has 1 unspecified atom stereocenters. The van der Waals surface area contributed by atoms with Gasteiger partial charge >= 0.3 is 0 Å². The first-order valence-corrected chi connectivity index (χ1v) is 8.02. The summed E-state index contributed by atoms with van der Waals surface area (Å²) in [4.78, 5) is 0. The van der Waals surface area contributed by atoms with Gasteiger partial charge in [0.1, 0.15) is 5.54 Å². The van der Waals surface area contributed by atoms with E-state index in [4.69, 9.17) is 5.11 Å². The lowest BCUT2D eigenvalue weighted by Crippen LogP contribution is -2.39. The lowest BCUT2D eigenvalue weighted by molar-refractivity contribution is 0.235. The molecule has 0 N–H and O–H groups in total. The molecule has 2 nitrogen and oxygen atoms in total. The number of azo groups is 1. The van der Waals surface area contributed by atoms with Gasteiger partial charge in [-0.1, -0.05) is 78.0 Å². The molecule has 1 aromatic carbocycles. The number of hydrogen-bond donors (Lipinski definition) is 0. The summed E-state index contributed by atoms with van der Waals surface area (Å²) in [5.41, 5.74) is 2.10. The van der Waals surface area contributed by atoms with Gasteiger partial charge in [0.2, 0.25) is 0 Å². The number of nitrogens with zero attached hydrogens (tertiary/aromatic N) is 2. The topological polar surface area (TPSA) is 24.7 Å². The minimum absolute atomic E-state index is 0.0272. The summed E-state index contributed by atoms with van der Waals surface area (Å²) in [6, 6.07) is 8.39. The predicted octanol–water partition coefficient (Wildman–Crippen LogP) is 6.37. The van der Waals surface area contributed by atoms with Gasteiger partial charge in [-0.3, -0.25) is 0 Å². The molecular weight excluding hydrogens is 268 g/mol. The fourth-order valence-electron chi connectivity index (χ4n) is 2.57. The van der Waals surface area contributed by atoms with Crippen molar-refractivity contribution in [1.82, 2.24) is 0 Å². The molecule has 2 rings (SSSR count). The van der Waals surface area contributed by atoms with Gasteiger partial charge in [-0.2, -0.15) is 10.2 Å². The second-order valence-electron chi connectivity index (χ2n) is 8.17. The standard InChI is InChI=1S/C20H28N2/c1-18(2,3)16-11-10-12-17(15-16)21-22-20(19(4,5)6)13-8-7-9-14-20/h7-13,15H,14H2,1-6H3. The third-order valence-electron chi connectivity index (χ3n) is 4.40. The monoisotopic (exact) mass is 296 g/mol. The van der Waals surface area contributed by atoms with Crippen LogP contribution < -0.4 is 0 Å². The summed E-state index contributed by atoms with van der Waals surface area (Å²) in [6.07, 6.45) is 9.43. The zero-order valence-electron chi connectivity index (χ0n) is 14.7. The van der Waals surface area contributed by atoms with E-state index in [2.05, 4.69) is 89.2 Å². The summed E-state index contributed by atoms with van der Waals surface area (Å²) in [5.74, 6) is 0. The molecule has 0 aromatic heterocycles. The Morgan fingerprint density at radius 3 is 2.27 bits per heavy atom. The van der Waals surface area contributed by atoms with Gasteiger partial charge in [-0.05, 0) is 34.9 Å². The molecule has 1 aliphatic carbocycles. The van der Waals surface area contributed by atoms with Crippen molar-refractivity contribution in [3.05, 3.63) is 54.1 Å². The van der Waals surface area contributed by atoms with E-state index in [0.29, 0.717) is 0 Å². The fraction of sp³-hybridized carbons (Fsp3) is 0.500. The quantitative estimate of drug-likeness (QED) is 0.566. The van der Waals surface area contributed by atoms with Crippen LogP contribution in [0.5, 0.6) is 0 Å². The molecule has 0 radical (unpaired) electrons. The van der Waals surface area contributed by atoms with Crippen LogP contribution in [-0.2, 0) is 5.41 Å². The normalized spacial score (nSPS) is 22.5. The van der Waals surface area contributed by atoms with E-state index in [1.807, 2.05) is 6.07 Å². The number of benzene rings is 1. The number of allylic oxidation sites excluding steroid dienone is 2. The SMILES string of the molecule is CC(C)(C)c1cccc(N=NC2(C(C)(C)C)C=CC=CC2)c1. The van der Waals surface area contributed by atoms with E-state index in [-0.39, 0.29) is 16.4 Å². The van der Waals surface area contributed by atoms with E-state index < -0.39 is 0 Å². The van der Waals surface area contributed by atoms with Crippen molar-refractivity contribution in [2.45, 2.75) is 58.9 Å². The van der Waals surface area contributed by atoms with Crippen LogP contribution in [0.25, 0.3) is 0 Å². The smallest absolute Gasteiger partial charge is 0.108 e. The molecule has 0 spiro atoms. The molecule has 1 atom stereocenters. The van der Waals surface area contributed by atoms with Gasteiger partial charge in [0.05, 0.1) is 5.69 Å². The summed E-state index contributed by atoms with van der Waals surface area (Å²) < 4.78 is 0. The van der Waals surface area contributed by atoms with Crippen molar-refractivity contribution in [3.63, 3.8) is 0 Å². The molecule has 1 aliphatic rings. The molecule has 22 heavy (non-hydrogen) atoms. The number of rotatable bonds is 2. The Hall–Kier alpha value is -1.70. The zero-order chi connectivity index (χ0) is 16.4. The summed E-state index contributed by atoms with van der Waals surface area (Å²) in [5, 5.41) is 9.35. The average Bonchev–Trinajstić information content (AvgIpc) is 2.44. The van der Waals surface area contributed by atoms with E-state index in [9.17, 15) is 0 Å². The van der Waals surface area contributed by atoms with Gasteiger partial charge in [0.15, 0.2) is 0 Å². The Bertz CT molecular complexity index is 609. The minimum Gasteiger partial charge on any atom is -0.177 e. The van der Waals surface area contributed by atoms with Crippen LogP contribution in [0.15, 0.2) is 58.8 Å². The molecule has 0 saturated heterocycles. The third kappa shape index (κ3) is 3.55. The van der Waals surface area contributed by atoms with Gasteiger partial charge < -0.3 is 0 Å². The largest absolute Gasteiger partial charge is 0.177 e. The Balaban J connectivity index is 2.34.